The molecule has 5 heteroatoms. The molecular weight excluding hydrogens is 336 g/mol. The van der Waals surface area contributed by atoms with Gasteiger partial charge in [-0.3, -0.25) is 4.79 Å². The first-order valence-corrected chi connectivity index (χ1v) is 8.55. The zero-order valence-corrected chi connectivity index (χ0v) is 15.0. The molecule has 4 nitrogen and oxygen atoms in total. The van der Waals surface area contributed by atoms with Gasteiger partial charge in [-0.25, -0.2) is 0 Å². The number of aliphatic hydroxyl groups is 1. The third kappa shape index (κ3) is 4.40. The molecular formula is C20H25ClN2O2. The van der Waals surface area contributed by atoms with Gasteiger partial charge in [0.25, 0.3) is 5.91 Å². The molecule has 1 saturated heterocycles. The summed E-state index contributed by atoms with van der Waals surface area (Å²) in [5.41, 5.74) is -0.516. The van der Waals surface area contributed by atoms with E-state index in [4.69, 9.17) is 0 Å². The first-order valence-electron chi connectivity index (χ1n) is 8.55. The van der Waals surface area contributed by atoms with Crippen molar-refractivity contribution >= 4 is 18.3 Å². The van der Waals surface area contributed by atoms with Crippen molar-refractivity contribution in [3.8, 4) is 0 Å². The molecule has 0 saturated carbocycles. The van der Waals surface area contributed by atoms with Crippen LogP contribution >= 0.6 is 12.4 Å². The molecule has 0 aromatic heterocycles. The molecule has 25 heavy (non-hydrogen) atoms. The van der Waals surface area contributed by atoms with Crippen molar-refractivity contribution in [1.82, 2.24) is 10.2 Å². The first kappa shape index (κ1) is 19.4. The summed E-state index contributed by atoms with van der Waals surface area (Å²) in [5, 5.41) is 14.2. The van der Waals surface area contributed by atoms with Gasteiger partial charge in [0, 0.05) is 13.1 Å². The van der Waals surface area contributed by atoms with Crippen LogP contribution in [0.1, 0.15) is 24.0 Å². The van der Waals surface area contributed by atoms with Crippen LogP contribution < -0.4 is 5.32 Å². The summed E-state index contributed by atoms with van der Waals surface area (Å²) in [7, 11) is 0. The van der Waals surface area contributed by atoms with Gasteiger partial charge in [-0.15, -0.1) is 12.4 Å². The van der Waals surface area contributed by atoms with Gasteiger partial charge in [0.2, 0.25) is 0 Å². The smallest absolute Gasteiger partial charge is 0.261 e. The average Bonchev–Trinajstić information content (AvgIpc) is 3.16. The number of halogens is 1. The Morgan fingerprint density at radius 2 is 1.44 bits per heavy atom. The van der Waals surface area contributed by atoms with Crippen molar-refractivity contribution in [3.63, 3.8) is 0 Å². The van der Waals surface area contributed by atoms with E-state index in [1.807, 2.05) is 36.4 Å². The highest BCUT2D eigenvalue weighted by atomic mass is 35.5. The monoisotopic (exact) mass is 360 g/mol. The van der Waals surface area contributed by atoms with Crippen LogP contribution in [0.4, 0.5) is 0 Å². The molecule has 1 heterocycles. The Morgan fingerprint density at radius 1 is 0.960 bits per heavy atom. The number of hydrogen-bond acceptors (Lipinski definition) is 3. The summed E-state index contributed by atoms with van der Waals surface area (Å²) in [6, 6.07) is 18.2. The summed E-state index contributed by atoms with van der Waals surface area (Å²) in [6.07, 6.45) is 2.46. The molecule has 2 N–H and O–H groups in total. The maximum Gasteiger partial charge on any atom is 0.261 e. The number of hydrogen-bond donors (Lipinski definition) is 2. The molecule has 1 aliphatic heterocycles. The summed E-state index contributed by atoms with van der Waals surface area (Å²) in [6.45, 7) is 3.56. The minimum absolute atomic E-state index is 0. The number of rotatable bonds is 6. The van der Waals surface area contributed by atoms with E-state index >= 15 is 0 Å². The molecule has 0 radical (unpaired) electrons. The second kappa shape index (κ2) is 8.99. The molecule has 2 aromatic rings. The topological polar surface area (TPSA) is 52.6 Å². The largest absolute Gasteiger partial charge is 0.372 e. The quantitative estimate of drug-likeness (QED) is 0.832. The summed E-state index contributed by atoms with van der Waals surface area (Å²) >= 11 is 0. The Kier molecular flexibility index (Phi) is 7.00. The van der Waals surface area contributed by atoms with Crippen LogP contribution in [0.25, 0.3) is 0 Å². The first-order chi connectivity index (χ1) is 11.7. The predicted octanol–water partition coefficient (Wildman–Crippen LogP) is 2.56. The van der Waals surface area contributed by atoms with Crippen LogP contribution in [0.2, 0.25) is 0 Å². The van der Waals surface area contributed by atoms with E-state index in [1.54, 1.807) is 24.3 Å². The average molecular weight is 361 g/mol. The highest BCUT2D eigenvalue weighted by Crippen LogP contribution is 2.29. The fraction of sp³-hybridized carbons (Fsp3) is 0.350. The van der Waals surface area contributed by atoms with Crippen molar-refractivity contribution in [1.29, 1.82) is 0 Å². The lowest BCUT2D eigenvalue weighted by atomic mass is 9.85. The van der Waals surface area contributed by atoms with Crippen LogP contribution in [-0.2, 0) is 10.4 Å². The number of likely N-dealkylation sites (tertiary alicyclic amines) is 1. The minimum Gasteiger partial charge on any atom is -0.372 e. The fourth-order valence-electron chi connectivity index (χ4n) is 3.25. The molecule has 3 rings (SSSR count). The number of nitrogens with zero attached hydrogens (tertiary/aromatic N) is 1. The summed E-state index contributed by atoms with van der Waals surface area (Å²) in [4.78, 5) is 15.2. The van der Waals surface area contributed by atoms with Crippen molar-refractivity contribution < 1.29 is 9.90 Å². The lowest BCUT2D eigenvalue weighted by Crippen LogP contribution is -2.47. The molecule has 1 aliphatic rings. The Bertz CT molecular complexity index is 618. The highest BCUT2D eigenvalue weighted by molar-refractivity contribution is 5.90. The van der Waals surface area contributed by atoms with Gasteiger partial charge < -0.3 is 15.3 Å². The molecule has 0 bridgehead atoms. The van der Waals surface area contributed by atoms with Crippen molar-refractivity contribution in [2.24, 2.45) is 0 Å². The van der Waals surface area contributed by atoms with Crippen LogP contribution in [0.3, 0.4) is 0 Å². The van der Waals surface area contributed by atoms with Crippen LogP contribution in [0.15, 0.2) is 60.7 Å². The van der Waals surface area contributed by atoms with E-state index in [0.29, 0.717) is 17.7 Å². The third-order valence-electron chi connectivity index (χ3n) is 4.62. The molecule has 2 aromatic carbocycles. The Labute approximate surface area is 155 Å². The Hall–Kier alpha value is -1.88. The lowest BCUT2D eigenvalue weighted by Gasteiger charge is -2.28. The SMILES string of the molecule is Cl.O=C(NCCN1CCCC1)C(O)(c1ccccc1)c1ccccc1. The minimum atomic E-state index is -1.67. The molecule has 0 atom stereocenters. The summed E-state index contributed by atoms with van der Waals surface area (Å²) < 4.78 is 0. The number of amides is 1. The van der Waals surface area contributed by atoms with Gasteiger partial charge in [0.15, 0.2) is 5.60 Å². The molecule has 0 spiro atoms. The molecule has 134 valence electrons. The second-order valence-electron chi connectivity index (χ2n) is 6.25. The standard InChI is InChI=1S/C20H24N2O2.ClH/c23-19(21-13-16-22-14-7-8-15-22)20(24,17-9-3-1-4-10-17)18-11-5-2-6-12-18;/h1-6,9-12,24H,7-8,13-16H2,(H,21,23);1H. The normalized spacial score (nSPS) is 14.8. The maximum atomic E-state index is 12.9. The zero-order valence-electron chi connectivity index (χ0n) is 14.2. The van der Waals surface area contributed by atoms with E-state index in [-0.39, 0.29) is 18.3 Å². The van der Waals surface area contributed by atoms with E-state index < -0.39 is 5.60 Å². The highest BCUT2D eigenvalue weighted by Gasteiger charge is 2.39. The zero-order chi connectivity index (χ0) is 16.8. The number of carbonyl (C=O) groups is 1. The third-order valence-corrected chi connectivity index (χ3v) is 4.62. The molecule has 0 aliphatic carbocycles. The number of benzene rings is 2. The van der Waals surface area contributed by atoms with Gasteiger partial charge in [-0.2, -0.15) is 0 Å². The van der Waals surface area contributed by atoms with Gasteiger partial charge in [0.1, 0.15) is 0 Å². The molecule has 1 amide bonds. The van der Waals surface area contributed by atoms with E-state index in [2.05, 4.69) is 10.2 Å². The van der Waals surface area contributed by atoms with Gasteiger partial charge in [0.05, 0.1) is 0 Å². The van der Waals surface area contributed by atoms with Crippen LogP contribution in [0, 0.1) is 0 Å². The van der Waals surface area contributed by atoms with E-state index in [1.165, 1.54) is 12.8 Å². The van der Waals surface area contributed by atoms with Crippen molar-refractivity contribution in [3.05, 3.63) is 71.8 Å². The molecule has 0 unspecified atom stereocenters. The fourth-order valence-corrected chi connectivity index (χ4v) is 3.25. The summed E-state index contributed by atoms with van der Waals surface area (Å²) in [5.74, 6) is -0.376. The van der Waals surface area contributed by atoms with Gasteiger partial charge in [-0.1, -0.05) is 60.7 Å². The maximum absolute atomic E-state index is 12.9. The van der Waals surface area contributed by atoms with Crippen molar-refractivity contribution in [2.45, 2.75) is 18.4 Å². The second-order valence-corrected chi connectivity index (χ2v) is 6.25. The Morgan fingerprint density at radius 3 is 1.92 bits per heavy atom. The van der Waals surface area contributed by atoms with Gasteiger partial charge in [-0.05, 0) is 37.1 Å². The number of carbonyl (C=O) groups excluding carboxylic acids is 1. The van der Waals surface area contributed by atoms with Crippen LogP contribution in [0.5, 0.6) is 0 Å². The lowest BCUT2D eigenvalue weighted by molar-refractivity contribution is -0.136. The van der Waals surface area contributed by atoms with Crippen LogP contribution in [-0.4, -0.2) is 42.1 Å². The van der Waals surface area contributed by atoms with E-state index in [9.17, 15) is 9.90 Å². The van der Waals surface area contributed by atoms with E-state index in [0.717, 1.165) is 19.6 Å². The van der Waals surface area contributed by atoms with Crippen molar-refractivity contribution in [2.75, 3.05) is 26.2 Å². The predicted molar refractivity (Wildman–Crippen MR) is 102 cm³/mol. The molecule has 1 fully saturated rings. The Balaban J connectivity index is 0.00000225. The number of nitrogens with one attached hydrogen (secondary N) is 1. The van der Waals surface area contributed by atoms with Gasteiger partial charge >= 0.3 is 0 Å².